The zero-order chi connectivity index (χ0) is 22.5. The van der Waals surface area contributed by atoms with Crippen LogP contribution in [0.25, 0.3) is 11.1 Å². The zero-order valence-corrected chi connectivity index (χ0v) is 16.8. The van der Waals surface area contributed by atoms with Crippen LogP contribution in [0, 0.1) is 0 Å². The summed E-state index contributed by atoms with van der Waals surface area (Å²) in [5.41, 5.74) is 2.22. The van der Waals surface area contributed by atoms with Gasteiger partial charge in [0.1, 0.15) is 23.0 Å². The van der Waals surface area contributed by atoms with Crippen molar-refractivity contribution in [2.75, 3.05) is 0 Å². The normalized spacial score (nSPS) is 10.4. The molecule has 4 aromatic rings. The standard InChI is InChI=1S/C26H18O6/c27-25(28)17-7-11-21(12-8-17)31-23-5-1-3-19(15-23)20-4-2-6-24(16-20)32-22-13-9-18(10-14-22)26(29)30/h1-16H,(H,27,28)(H,29,30). The Morgan fingerprint density at radius 2 is 0.875 bits per heavy atom. The Balaban J connectivity index is 1.51. The third-order valence-corrected chi connectivity index (χ3v) is 4.68. The molecule has 0 aliphatic rings. The van der Waals surface area contributed by atoms with Gasteiger partial charge in [0.15, 0.2) is 0 Å². The highest BCUT2D eigenvalue weighted by Crippen LogP contribution is 2.31. The zero-order valence-electron chi connectivity index (χ0n) is 16.8. The fourth-order valence-corrected chi connectivity index (χ4v) is 3.08. The molecule has 0 aromatic heterocycles. The predicted octanol–water partition coefficient (Wildman–Crippen LogP) is 6.33. The highest BCUT2D eigenvalue weighted by Gasteiger charge is 2.07. The van der Waals surface area contributed by atoms with E-state index in [1.165, 1.54) is 24.3 Å². The second-order valence-corrected chi connectivity index (χ2v) is 6.92. The van der Waals surface area contributed by atoms with E-state index in [0.29, 0.717) is 23.0 Å². The molecule has 4 rings (SSSR count). The molecule has 0 saturated heterocycles. The lowest BCUT2D eigenvalue weighted by molar-refractivity contribution is 0.0686. The lowest BCUT2D eigenvalue weighted by atomic mass is 10.1. The number of rotatable bonds is 7. The van der Waals surface area contributed by atoms with E-state index in [0.717, 1.165) is 11.1 Å². The molecular formula is C26H18O6. The van der Waals surface area contributed by atoms with Crippen LogP contribution in [0.2, 0.25) is 0 Å². The molecule has 0 bridgehead atoms. The van der Waals surface area contributed by atoms with Crippen molar-refractivity contribution in [3.63, 3.8) is 0 Å². The molecule has 0 saturated carbocycles. The third kappa shape index (κ3) is 4.94. The van der Waals surface area contributed by atoms with Crippen molar-refractivity contribution in [2.24, 2.45) is 0 Å². The number of benzene rings is 4. The molecule has 0 fully saturated rings. The van der Waals surface area contributed by atoms with Crippen LogP contribution in [-0.2, 0) is 0 Å². The summed E-state index contributed by atoms with van der Waals surface area (Å²) >= 11 is 0. The number of carbonyl (C=O) groups is 2. The Kier molecular flexibility index (Phi) is 5.85. The van der Waals surface area contributed by atoms with E-state index < -0.39 is 11.9 Å². The van der Waals surface area contributed by atoms with Gasteiger partial charge in [-0.25, -0.2) is 9.59 Å². The van der Waals surface area contributed by atoms with Crippen molar-refractivity contribution in [2.45, 2.75) is 0 Å². The number of carboxylic acids is 2. The summed E-state index contributed by atoms with van der Waals surface area (Å²) in [5, 5.41) is 18.0. The van der Waals surface area contributed by atoms with Crippen molar-refractivity contribution in [3.8, 4) is 34.1 Å². The third-order valence-electron chi connectivity index (χ3n) is 4.68. The number of hydrogen-bond donors (Lipinski definition) is 2. The predicted molar refractivity (Wildman–Crippen MR) is 119 cm³/mol. The first-order valence-electron chi connectivity index (χ1n) is 9.71. The Hall–Kier alpha value is -4.58. The molecule has 0 spiro atoms. The van der Waals surface area contributed by atoms with Crippen LogP contribution in [0.1, 0.15) is 20.7 Å². The van der Waals surface area contributed by atoms with Crippen LogP contribution >= 0.6 is 0 Å². The lowest BCUT2D eigenvalue weighted by Crippen LogP contribution is -1.95. The lowest BCUT2D eigenvalue weighted by Gasteiger charge is -2.10. The fraction of sp³-hybridized carbons (Fsp3) is 0. The topological polar surface area (TPSA) is 93.1 Å². The van der Waals surface area contributed by atoms with Gasteiger partial charge in [-0.15, -0.1) is 0 Å². The maximum Gasteiger partial charge on any atom is 0.335 e. The van der Waals surface area contributed by atoms with Crippen LogP contribution in [0.4, 0.5) is 0 Å². The van der Waals surface area contributed by atoms with E-state index in [9.17, 15) is 9.59 Å². The first-order valence-corrected chi connectivity index (χ1v) is 9.71. The summed E-state index contributed by atoms with van der Waals surface area (Å²) in [4.78, 5) is 22.0. The molecule has 4 aromatic carbocycles. The number of ether oxygens (including phenoxy) is 2. The molecule has 2 N–H and O–H groups in total. The van der Waals surface area contributed by atoms with Gasteiger partial charge < -0.3 is 19.7 Å². The molecule has 0 amide bonds. The van der Waals surface area contributed by atoms with Crippen LogP contribution in [0.3, 0.4) is 0 Å². The van der Waals surface area contributed by atoms with Crippen LogP contribution in [0.5, 0.6) is 23.0 Å². The van der Waals surface area contributed by atoms with Crippen molar-refractivity contribution in [1.82, 2.24) is 0 Å². The number of hydrogen-bond acceptors (Lipinski definition) is 4. The smallest absolute Gasteiger partial charge is 0.335 e. The summed E-state index contributed by atoms with van der Waals surface area (Å²) < 4.78 is 11.7. The van der Waals surface area contributed by atoms with E-state index in [4.69, 9.17) is 19.7 Å². The maximum atomic E-state index is 11.0. The monoisotopic (exact) mass is 426 g/mol. The Morgan fingerprint density at radius 3 is 1.22 bits per heavy atom. The second-order valence-electron chi connectivity index (χ2n) is 6.92. The summed E-state index contributed by atoms with van der Waals surface area (Å²) in [7, 11) is 0. The first-order chi connectivity index (χ1) is 15.5. The van der Waals surface area contributed by atoms with Gasteiger partial charge in [0.05, 0.1) is 11.1 Å². The molecule has 0 unspecified atom stereocenters. The van der Waals surface area contributed by atoms with Gasteiger partial charge in [-0.05, 0) is 83.9 Å². The van der Waals surface area contributed by atoms with Gasteiger partial charge in [-0.3, -0.25) is 0 Å². The average molecular weight is 426 g/mol. The van der Waals surface area contributed by atoms with E-state index >= 15 is 0 Å². The van der Waals surface area contributed by atoms with Crippen molar-refractivity contribution in [1.29, 1.82) is 0 Å². The van der Waals surface area contributed by atoms with E-state index in [-0.39, 0.29) is 11.1 Å². The average Bonchev–Trinajstić information content (AvgIpc) is 2.80. The summed E-state index contributed by atoms with van der Waals surface area (Å²) in [6.07, 6.45) is 0. The number of carboxylic acid groups (broad SMARTS) is 2. The van der Waals surface area contributed by atoms with Crippen molar-refractivity contribution in [3.05, 3.63) is 108 Å². The molecule has 0 aliphatic heterocycles. The summed E-state index contributed by atoms with van der Waals surface area (Å²) in [5.74, 6) is 0.322. The fourth-order valence-electron chi connectivity index (χ4n) is 3.08. The van der Waals surface area contributed by atoms with Crippen LogP contribution < -0.4 is 9.47 Å². The van der Waals surface area contributed by atoms with Crippen molar-refractivity contribution >= 4 is 11.9 Å². The molecule has 0 heterocycles. The van der Waals surface area contributed by atoms with E-state index in [1.54, 1.807) is 24.3 Å². The van der Waals surface area contributed by atoms with Gasteiger partial charge in [0.2, 0.25) is 0 Å². The molecule has 6 nitrogen and oxygen atoms in total. The molecule has 6 heteroatoms. The first kappa shape index (κ1) is 20.7. The maximum absolute atomic E-state index is 11.0. The minimum Gasteiger partial charge on any atom is -0.478 e. The van der Waals surface area contributed by atoms with Gasteiger partial charge in [-0.1, -0.05) is 24.3 Å². The highest BCUT2D eigenvalue weighted by molar-refractivity contribution is 5.88. The molecule has 0 atom stereocenters. The minimum absolute atomic E-state index is 0.195. The van der Waals surface area contributed by atoms with Gasteiger partial charge >= 0.3 is 11.9 Å². The van der Waals surface area contributed by atoms with E-state index in [2.05, 4.69) is 0 Å². The Morgan fingerprint density at radius 1 is 0.500 bits per heavy atom. The summed E-state index contributed by atoms with van der Waals surface area (Å²) in [6, 6.07) is 27.4. The Labute approximate surface area is 183 Å². The minimum atomic E-state index is -0.988. The quantitative estimate of drug-likeness (QED) is 0.358. The SMILES string of the molecule is O=C(O)c1ccc(Oc2cccc(-c3cccc(Oc4ccc(C(=O)O)cc4)c3)c2)cc1. The van der Waals surface area contributed by atoms with Gasteiger partial charge in [0.25, 0.3) is 0 Å². The van der Waals surface area contributed by atoms with Crippen LogP contribution in [0.15, 0.2) is 97.1 Å². The van der Waals surface area contributed by atoms with Crippen molar-refractivity contribution < 1.29 is 29.3 Å². The molecule has 0 radical (unpaired) electrons. The second kappa shape index (κ2) is 9.06. The Bertz CT molecular complexity index is 1160. The molecular weight excluding hydrogens is 408 g/mol. The molecule has 158 valence electrons. The number of aromatic carboxylic acids is 2. The molecule has 0 aliphatic carbocycles. The highest BCUT2D eigenvalue weighted by atomic mass is 16.5. The van der Waals surface area contributed by atoms with Crippen LogP contribution in [-0.4, -0.2) is 22.2 Å². The van der Waals surface area contributed by atoms with Gasteiger partial charge in [-0.2, -0.15) is 0 Å². The van der Waals surface area contributed by atoms with Gasteiger partial charge in [0, 0.05) is 0 Å². The largest absolute Gasteiger partial charge is 0.478 e. The van der Waals surface area contributed by atoms with E-state index in [1.807, 2.05) is 48.5 Å². The summed E-state index contributed by atoms with van der Waals surface area (Å²) in [6.45, 7) is 0. The molecule has 32 heavy (non-hydrogen) atoms.